The average molecular weight is 263 g/mol. The highest BCUT2D eigenvalue weighted by molar-refractivity contribution is 5.85. The van der Waals surface area contributed by atoms with E-state index in [9.17, 15) is 4.79 Å². The number of esters is 1. The molecule has 1 saturated heterocycles. The molecule has 100 valence electrons. The summed E-state index contributed by atoms with van der Waals surface area (Å²) in [6.07, 6.45) is 4.76. The van der Waals surface area contributed by atoms with Crippen molar-refractivity contribution in [3.63, 3.8) is 0 Å². The summed E-state index contributed by atoms with van der Waals surface area (Å²) in [7, 11) is 1.48. The summed E-state index contributed by atoms with van der Waals surface area (Å²) < 4.78 is 4.84. The first-order valence-corrected chi connectivity index (χ1v) is 6.33. The second kappa shape index (κ2) is 7.19. The van der Waals surface area contributed by atoms with Gasteiger partial charge in [0.2, 0.25) is 0 Å². The van der Waals surface area contributed by atoms with E-state index < -0.39 is 0 Å². The van der Waals surface area contributed by atoms with Gasteiger partial charge in [-0.3, -0.25) is 4.79 Å². The number of piperidine rings is 1. The Bertz CT molecular complexity index is 241. The van der Waals surface area contributed by atoms with Crippen LogP contribution < -0.4 is 10.6 Å². The quantitative estimate of drug-likeness (QED) is 0.725. The highest BCUT2D eigenvalue weighted by Crippen LogP contribution is 2.33. The Morgan fingerprint density at radius 1 is 1.35 bits per heavy atom. The van der Waals surface area contributed by atoms with Crippen LogP contribution in [-0.4, -0.2) is 38.8 Å². The molecule has 17 heavy (non-hydrogen) atoms. The van der Waals surface area contributed by atoms with Crippen LogP contribution in [0.2, 0.25) is 0 Å². The number of hydrogen-bond donors (Lipinski definition) is 2. The molecule has 0 spiro atoms. The Morgan fingerprint density at radius 2 is 2.00 bits per heavy atom. The van der Waals surface area contributed by atoms with Gasteiger partial charge in [-0.25, -0.2) is 0 Å². The molecule has 1 saturated carbocycles. The molecular formula is C12H23ClN2O2. The van der Waals surface area contributed by atoms with Crippen molar-refractivity contribution in [3.8, 4) is 0 Å². The van der Waals surface area contributed by atoms with Crippen molar-refractivity contribution in [2.75, 3.05) is 26.7 Å². The normalized spacial score (nSPS) is 22.6. The van der Waals surface area contributed by atoms with Gasteiger partial charge in [0.1, 0.15) is 6.04 Å². The van der Waals surface area contributed by atoms with Crippen LogP contribution in [0.3, 0.4) is 0 Å². The van der Waals surface area contributed by atoms with Crippen LogP contribution in [0.4, 0.5) is 0 Å². The smallest absolute Gasteiger partial charge is 0.323 e. The lowest BCUT2D eigenvalue weighted by atomic mass is 9.97. The first kappa shape index (κ1) is 14.7. The lowest BCUT2D eigenvalue weighted by Gasteiger charge is -2.25. The molecule has 0 radical (unpaired) electrons. The molecule has 0 aromatic carbocycles. The molecule has 1 aliphatic heterocycles. The summed E-state index contributed by atoms with van der Waals surface area (Å²) in [5, 5.41) is 6.75. The predicted octanol–water partition coefficient (Wildman–Crippen LogP) is 0.949. The van der Waals surface area contributed by atoms with Gasteiger partial charge in [0.15, 0.2) is 0 Å². The van der Waals surface area contributed by atoms with E-state index in [1.807, 2.05) is 0 Å². The van der Waals surface area contributed by atoms with E-state index in [1.165, 1.54) is 32.8 Å². The molecule has 1 unspecified atom stereocenters. The first-order valence-electron chi connectivity index (χ1n) is 6.33. The number of halogens is 1. The molecule has 1 aliphatic carbocycles. The Balaban J connectivity index is 0.00000144. The summed E-state index contributed by atoms with van der Waals surface area (Å²) in [6.45, 7) is 3.18. The van der Waals surface area contributed by atoms with E-state index in [-0.39, 0.29) is 24.4 Å². The van der Waals surface area contributed by atoms with Gasteiger partial charge in [-0.1, -0.05) is 0 Å². The van der Waals surface area contributed by atoms with E-state index in [2.05, 4.69) is 10.6 Å². The van der Waals surface area contributed by atoms with Gasteiger partial charge in [-0.2, -0.15) is 0 Å². The van der Waals surface area contributed by atoms with Gasteiger partial charge >= 0.3 is 5.97 Å². The number of rotatable bonds is 5. The third-order valence-corrected chi connectivity index (χ3v) is 3.63. The number of ether oxygens (including phenoxy) is 1. The van der Waals surface area contributed by atoms with Gasteiger partial charge in [0.25, 0.3) is 0 Å². The average Bonchev–Trinajstić information content (AvgIpc) is 3.15. The monoisotopic (exact) mass is 262 g/mol. The third kappa shape index (κ3) is 4.45. The zero-order chi connectivity index (χ0) is 11.4. The fraction of sp³-hybridized carbons (Fsp3) is 0.917. The van der Waals surface area contributed by atoms with Crippen molar-refractivity contribution in [3.05, 3.63) is 0 Å². The zero-order valence-corrected chi connectivity index (χ0v) is 11.2. The molecule has 1 atom stereocenters. The van der Waals surface area contributed by atoms with Gasteiger partial charge in [0, 0.05) is 0 Å². The number of hydrogen-bond acceptors (Lipinski definition) is 4. The number of carbonyl (C=O) groups excluding carboxylic acids is 1. The number of methoxy groups -OCH3 is 1. The molecule has 2 aliphatic rings. The number of nitrogens with one attached hydrogen (secondary N) is 2. The Labute approximate surface area is 109 Å². The molecule has 2 fully saturated rings. The molecular weight excluding hydrogens is 240 g/mol. The van der Waals surface area contributed by atoms with Crippen LogP contribution in [0, 0.1) is 11.8 Å². The van der Waals surface area contributed by atoms with E-state index >= 15 is 0 Å². The van der Waals surface area contributed by atoms with Crippen LogP contribution in [0.5, 0.6) is 0 Å². The van der Waals surface area contributed by atoms with E-state index in [0.29, 0.717) is 11.8 Å². The summed E-state index contributed by atoms with van der Waals surface area (Å²) in [4.78, 5) is 11.6. The maximum Gasteiger partial charge on any atom is 0.323 e. The molecule has 1 heterocycles. The summed E-state index contributed by atoms with van der Waals surface area (Å²) in [6, 6.07) is -0.0557. The van der Waals surface area contributed by atoms with Crippen molar-refractivity contribution >= 4 is 18.4 Å². The maximum absolute atomic E-state index is 11.6. The summed E-state index contributed by atoms with van der Waals surface area (Å²) in [5.74, 6) is 1.15. The van der Waals surface area contributed by atoms with Gasteiger partial charge in [0.05, 0.1) is 7.11 Å². The van der Waals surface area contributed by atoms with Crippen molar-refractivity contribution in [2.24, 2.45) is 11.8 Å². The maximum atomic E-state index is 11.6. The summed E-state index contributed by atoms with van der Waals surface area (Å²) >= 11 is 0. The largest absolute Gasteiger partial charge is 0.468 e. The van der Waals surface area contributed by atoms with Crippen LogP contribution in [0.25, 0.3) is 0 Å². The van der Waals surface area contributed by atoms with Crippen LogP contribution in [0.15, 0.2) is 0 Å². The first-order chi connectivity index (χ1) is 7.81. The lowest BCUT2D eigenvalue weighted by molar-refractivity contribution is -0.143. The lowest BCUT2D eigenvalue weighted by Crippen LogP contribution is -2.43. The number of carbonyl (C=O) groups is 1. The summed E-state index contributed by atoms with van der Waals surface area (Å²) in [5.41, 5.74) is 0. The molecule has 4 nitrogen and oxygen atoms in total. The van der Waals surface area contributed by atoms with Crippen LogP contribution >= 0.6 is 12.4 Å². The minimum Gasteiger partial charge on any atom is -0.468 e. The highest BCUT2D eigenvalue weighted by atomic mass is 35.5. The zero-order valence-electron chi connectivity index (χ0n) is 10.4. The van der Waals surface area contributed by atoms with Crippen molar-refractivity contribution in [1.29, 1.82) is 0 Å². The van der Waals surface area contributed by atoms with Crippen molar-refractivity contribution in [2.45, 2.75) is 31.7 Å². The molecule has 0 aromatic rings. The fourth-order valence-electron chi connectivity index (χ4n) is 2.38. The Hall–Kier alpha value is -0.320. The molecule has 2 rings (SSSR count). The predicted molar refractivity (Wildman–Crippen MR) is 69.4 cm³/mol. The van der Waals surface area contributed by atoms with E-state index in [1.54, 1.807) is 0 Å². The van der Waals surface area contributed by atoms with Crippen LogP contribution in [0.1, 0.15) is 25.7 Å². The molecule has 2 N–H and O–H groups in total. The molecule has 0 amide bonds. The topological polar surface area (TPSA) is 50.4 Å². The minimum atomic E-state index is -0.0866. The third-order valence-electron chi connectivity index (χ3n) is 3.63. The van der Waals surface area contributed by atoms with Gasteiger partial charge in [-0.05, 0) is 57.2 Å². The minimum absolute atomic E-state index is 0. The van der Waals surface area contributed by atoms with Gasteiger partial charge in [-0.15, -0.1) is 12.4 Å². The van der Waals surface area contributed by atoms with E-state index in [4.69, 9.17) is 4.74 Å². The van der Waals surface area contributed by atoms with Crippen molar-refractivity contribution in [1.82, 2.24) is 10.6 Å². The molecule has 0 bridgehead atoms. The Kier molecular flexibility index (Phi) is 6.23. The second-order valence-corrected chi connectivity index (χ2v) is 4.94. The molecule has 0 aromatic heterocycles. The standard InChI is InChI=1S/C12H22N2O2.ClH/c1-16-12(15)11(10-2-3-10)14-8-9-4-6-13-7-5-9;/h9-11,13-14H,2-8H2,1H3;1H. The Morgan fingerprint density at radius 3 is 2.53 bits per heavy atom. The SMILES string of the molecule is COC(=O)C(NCC1CCNCC1)C1CC1.Cl. The van der Waals surface area contributed by atoms with Crippen LogP contribution in [-0.2, 0) is 9.53 Å². The fourth-order valence-corrected chi connectivity index (χ4v) is 2.38. The van der Waals surface area contributed by atoms with E-state index in [0.717, 1.165) is 19.6 Å². The van der Waals surface area contributed by atoms with Crippen molar-refractivity contribution < 1.29 is 9.53 Å². The van der Waals surface area contributed by atoms with Gasteiger partial charge < -0.3 is 15.4 Å². The molecule has 5 heteroatoms. The highest BCUT2D eigenvalue weighted by Gasteiger charge is 2.36. The second-order valence-electron chi connectivity index (χ2n) is 4.94.